The number of carboxylic acids is 1. The first kappa shape index (κ1) is 78.5. The molecule has 0 heterocycles. The second kappa shape index (κ2) is 43.2. The van der Waals surface area contributed by atoms with Crippen LogP contribution in [0.4, 0.5) is 0 Å². The zero-order valence-electron chi connectivity index (χ0n) is 55.1. The van der Waals surface area contributed by atoms with Crippen LogP contribution in [0.25, 0.3) is 18.2 Å². The third kappa shape index (κ3) is 35.3. The van der Waals surface area contributed by atoms with Gasteiger partial charge in [0.05, 0.1) is 43.5 Å². The van der Waals surface area contributed by atoms with E-state index in [1.165, 1.54) is 50.3 Å². The van der Waals surface area contributed by atoms with Crippen LogP contribution in [-0.4, -0.2) is 157 Å². The van der Waals surface area contributed by atoms with Gasteiger partial charge in [0.1, 0.15) is 55.9 Å². The quantitative estimate of drug-likeness (QED) is 0.0243. The highest BCUT2D eigenvalue weighted by atomic mass is 16.6. The first-order chi connectivity index (χ1) is 41.6. The molecule has 0 saturated carbocycles. The van der Waals surface area contributed by atoms with Gasteiger partial charge in [0.2, 0.25) is 0 Å². The molecule has 19 heteroatoms. The molecule has 0 amide bonds. The van der Waals surface area contributed by atoms with Crippen molar-refractivity contribution in [3.63, 3.8) is 0 Å². The predicted molar refractivity (Wildman–Crippen MR) is 343 cm³/mol. The van der Waals surface area contributed by atoms with Gasteiger partial charge in [0.25, 0.3) is 0 Å². The van der Waals surface area contributed by atoms with Gasteiger partial charge in [-0.05, 0) is 160 Å². The van der Waals surface area contributed by atoms with E-state index in [0.29, 0.717) is 44.8 Å². The Morgan fingerprint density at radius 2 is 0.852 bits per heavy atom. The molecule has 1 N–H and O–H groups in total. The number of benzene rings is 3. The van der Waals surface area contributed by atoms with Crippen molar-refractivity contribution in [3.8, 4) is 17.2 Å². The van der Waals surface area contributed by atoms with E-state index in [9.17, 15) is 33.6 Å². The van der Waals surface area contributed by atoms with Crippen molar-refractivity contribution < 1.29 is 81.3 Å². The number of unbranched alkanes of at least 4 members (excludes halogenated alkanes) is 5. The molecule has 2 atom stereocenters. The number of rotatable bonds is 38. The number of nitrogens with zero attached hydrogens (tertiary/aromatic N) is 2. The molecule has 19 nitrogen and oxygen atoms in total. The van der Waals surface area contributed by atoms with Gasteiger partial charge in [-0.2, -0.15) is 0 Å². The average Bonchev–Trinajstić information content (AvgIpc) is 3.58. The zero-order valence-corrected chi connectivity index (χ0v) is 55.1. The lowest BCUT2D eigenvalue weighted by Gasteiger charge is -2.26. The maximum absolute atomic E-state index is 12.3. The molecule has 0 bridgehead atoms. The van der Waals surface area contributed by atoms with Crippen molar-refractivity contribution in [1.29, 1.82) is 0 Å². The first-order valence-corrected chi connectivity index (χ1v) is 30.3. The Kier molecular flexibility index (Phi) is 38.5. The third-order valence-corrected chi connectivity index (χ3v) is 14.2. The van der Waals surface area contributed by atoms with E-state index < -0.39 is 58.8 Å². The minimum atomic E-state index is -1.15. The molecule has 3 aromatic rings. The van der Waals surface area contributed by atoms with E-state index in [1.807, 2.05) is 128 Å². The molecule has 3 aromatic carbocycles. The Bertz CT molecular complexity index is 2610. The summed E-state index contributed by atoms with van der Waals surface area (Å²) in [6, 6.07) is 22.0. The number of carbonyl (C=O) groups excluding carboxylic acids is 6. The van der Waals surface area contributed by atoms with Gasteiger partial charge < -0.3 is 52.6 Å². The van der Waals surface area contributed by atoms with Gasteiger partial charge in [-0.15, -0.1) is 0 Å². The lowest BCUT2D eigenvalue weighted by molar-refractivity contribution is -0.168. The third-order valence-electron chi connectivity index (χ3n) is 14.2. The van der Waals surface area contributed by atoms with E-state index in [1.54, 1.807) is 70.6 Å². The Balaban J connectivity index is 0.000000667. The molecule has 2 unspecified atom stereocenters. The fraction of sp³-hybridized carbons (Fsp3) is 0.551. The van der Waals surface area contributed by atoms with Crippen LogP contribution in [0.5, 0.6) is 17.2 Å². The van der Waals surface area contributed by atoms with Crippen LogP contribution in [0.1, 0.15) is 150 Å². The molecule has 0 aliphatic carbocycles. The molecule has 0 fully saturated rings. The molecule has 0 aliphatic rings. The Morgan fingerprint density at radius 1 is 0.477 bits per heavy atom. The molecule has 0 saturated heterocycles. The van der Waals surface area contributed by atoms with Crippen molar-refractivity contribution in [2.75, 3.05) is 88.0 Å². The summed E-state index contributed by atoms with van der Waals surface area (Å²) in [5.41, 5.74) is 0.775. The molecule has 0 radical (unpaired) electrons. The fourth-order valence-corrected chi connectivity index (χ4v) is 6.98. The van der Waals surface area contributed by atoms with Gasteiger partial charge in [-0.3, -0.25) is 24.1 Å². The summed E-state index contributed by atoms with van der Waals surface area (Å²) >= 11 is 0. The normalized spacial score (nSPS) is 12.3. The molecule has 3 rings (SSSR count). The second-order valence-electron chi connectivity index (χ2n) is 23.2. The summed E-state index contributed by atoms with van der Waals surface area (Å²) in [5.74, 6) is -1.38. The Hall–Kier alpha value is -7.51. The summed E-state index contributed by atoms with van der Waals surface area (Å²) in [4.78, 5) is 87.0. The maximum Gasteiger partial charge on any atom is 0.330 e. The van der Waals surface area contributed by atoms with Crippen molar-refractivity contribution in [3.05, 3.63) is 108 Å². The highest BCUT2D eigenvalue weighted by Gasteiger charge is 2.32. The fourth-order valence-electron chi connectivity index (χ4n) is 6.98. The summed E-state index contributed by atoms with van der Waals surface area (Å²) in [6.07, 6.45) is 16.4. The van der Waals surface area contributed by atoms with Crippen LogP contribution in [0, 0.1) is 16.2 Å². The summed E-state index contributed by atoms with van der Waals surface area (Å²) in [5, 5.41) is 8.96. The summed E-state index contributed by atoms with van der Waals surface area (Å²) in [7, 11) is 8.80. The lowest BCUT2D eigenvalue weighted by atomic mass is 9.90. The highest BCUT2D eigenvalue weighted by Crippen LogP contribution is 2.25. The van der Waals surface area contributed by atoms with Crippen molar-refractivity contribution in [2.45, 2.75) is 146 Å². The number of ether oxygens (including phenoxy) is 9. The molecular formula is C69H102N2O17. The zero-order chi connectivity index (χ0) is 66.1. The van der Waals surface area contributed by atoms with E-state index in [-0.39, 0.29) is 37.7 Å². The number of aliphatic carboxylic acids is 1. The van der Waals surface area contributed by atoms with Crippen LogP contribution in [0.2, 0.25) is 0 Å². The minimum Gasteiger partial charge on any atom is -0.497 e. The minimum absolute atomic E-state index is 0.00942. The van der Waals surface area contributed by atoms with Crippen LogP contribution in [-0.2, 0) is 62.0 Å². The van der Waals surface area contributed by atoms with Gasteiger partial charge in [0.15, 0.2) is 0 Å². The lowest BCUT2D eigenvalue weighted by Crippen LogP contribution is -2.38. The van der Waals surface area contributed by atoms with Gasteiger partial charge >= 0.3 is 41.8 Å². The smallest absolute Gasteiger partial charge is 0.330 e. The van der Waals surface area contributed by atoms with Crippen LogP contribution in [0.15, 0.2) is 91.0 Å². The first-order valence-electron chi connectivity index (χ1n) is 30.3. The predicted octanol–water partition coefficient (Wildman–Crippen LogP) is 12.1. The molecule has 490 valence electrons. The monoisotopic (exact) mass is 1230 g/mol. The number of methoxy groups -OCH3 is 2. The van der Waals surface area contributed by atoms with Crippen LogP contribution < -0.4 is 14.2 Å². The number of carbonyl (C=O) groups is 7. The van der Waals surface area contributed by atoms with Crippen molar-refractivity contribution in [1.82, 2.24) is 9.80 Å². The number of likely N-dealkylation sites (N-methyl/N-ethyl adjacent to an activating group) is 2. The summed E-state index contributed by atoms with van der Waals surface area (Å²) in [6.45, 7) is 21.5. The maximum atomic E-state index is 12.3. The number of carboxylic acid groups (broad SMARTS) is 1. The van der Waals surface area contributed by atoms with Gasteiger partial charge in [-0.1, -0.05) is 96.2 Å². The van der Waals surface area contributed by atoms with E-state index >= 15 is 0 Å². The molecule has 0 aliphatic heterocycles. The SMILES string of the molecule is CCC(C)(C)C(=O)OC(COC(=O)/C=C/c1ccc(OC)cc1)CC(=O)O.CCC(C)(C)C(=O)OC(COC(=O)/C=C/c1ccc(OC)cc1)CN(C)C.CCCCCCCCOc1ccc(/C=C/C(=O)OCCN(C)CCOC(=O)C(C)(C)CC)cc1. The van der Waals surface area contributed by atoms with E-state index in [2.05, 4.69) is 6.92 Å². The largest absolute Gasteiger partial charge is 0.497 e. The highest BCUT2D eigenvalue weighted by molar-refractivity contribution is 5.88. The Morgan fingerprint density at radius 3 is 1.26 bits per heavy atom. The average molecular weight is 1230 g/mol. The molecule has 0 spiro atoms. The van der Waals surface area contributed by atoms with E-state index in [4.69, 9.17) is 47.7 Å². The van der Waals surface area contributed by atoms with Crippen molar-refractivity contribution in [2.24, 2.45) is 16.2 Å². The van der Waals surface area contributed by atoms with Gasteiger partial charge in [-0.25, -0.2) is 14.4 Å². The van der Waals surface area contributed by atoms with E-state index in [0.717, 1.165) is 47.6 Å². The molecule has 0 aromatic heterocycles. The van der Waals surface area contributed by atoms with Crippen LogP contribution >= 0.6 is 0 Å². The number of hydrogen-bond acceptors (Lipinski definition) is 18. The number of hydrogen-bond donors (Lipinski definition) is 1. The molecular weight excluding hydrogens is 1130 g/mol. The van der Waals surface area contributed by atoms with Crippen LogP contribution in [0.3, 0.4) is 0 Å². The number of esters is 6. The second-order valence-corrected chi connectivity index (χ2v) is 23.2. The van der Waals surface area contributed by atoms with Gasteiger partial charge in [0, 0.05) is 37.9 Å². The standard InChI is InChI=1S/C28H45NO5.C21H31NO5.C20H26O7/c1-6-8-9-10-11-12-21-32-25-16-13-24(14-17-25)15-18-26(30)33-22-19-29(5)20-23-34-27(31)28(3,4)7-2;1-7-21(2,3)20(24)27-18(14-22(4)5)15-26-19(23)13-10-16-8-11-17(25-6)12-9-16;1-5-20(2,3)19(24)27-16(12-17(21)22)13-26-18(23)11-8-14-6-9-15(25-4)10-7-14/h13-18H,6-12,19-23H2,1-5H3;8-13,18H,7,14-15H2,1-6H3;6-11,16H,5,12-13H2,1-4H3,(H,21,22)/b18-15+;13-10+;11-8+. The molecule has 88 heavy (non-hydrogen) atoms. The topological polar surface area (TPSA) is 229 Å². The van der Waals surface area contributed by atoms with Crippen molar-refractivity contribution >= 4 is 60.0 Å². The Labute approximate surface area is 524 Å². The summed E-state index contributed by atoms with van der Waals surface area (Å²) < 4.78 is 47.6.